The van der Waals surface area contributed by atoms with Crippen LogP contribution in [0.1, 0.15) is 10.4 Å². The van der Waals surface area contributed by atoms with E-state index in [2.05, 4.69) is 20.9 Å². The minimum atomic E-state index is -1.07. The summed E-state index contributed by atoms with van der Waals surface area (Å²) < 4.78 is 13.6. The van der Waals surface area contributed by atoms with Crippen LogP contribution < -0.4 is 0 Å². The maximum Gasteiger partial charge on any atom is 0.338 e. The molecule has 0 unspecified atom stereocenters. The largest absolute Gasteiger partial charge is 0.478 e. The molecular weight excluding hydrogens is 321 g/mol. The zero-order chi connectivity index (χ0) is 13.1. The number of nitrogens with zero attached hydrogens (tertiary/aromatic N) is 1. The summed E-state index contributed by atoms with van der Waals surface area (Å²) in [5, 5.41) is 9.40. The molecule has 1 aromatic carbocycles. The third-order valence-electron chi connectivity index (χ3n) is 2.06. The number of carboxylic acids is 1. The first-order valence-electron chi connectivity index (χ1n) is 4.88. The van der Waals surface area contributed by atoms with Crippen LogP contribution in [0.3, 0.4) is 0 Å². The molecule has 0 amide bonds. The van der Waals surface area contributed by atoms with Crippen LogP contribution in [0.4, 0.5) is 4.39 Å². The first-order chi connectivity index (χ1) is 8.56. The van der Waals surface area contributed by atoms with E-state index >= 15 is 0 Å². The SMILES string of the molecule is O=C(O)c1cc(Br)cnc1Sc1cccc(F)c1. The first-order valence-corrected chi connectivity index (χ1v) is 6.49. The molecule has 0 bridgehead atoms. The van der Waals surface area contributed by atoms with Crippen molar-refractivity contribution in [3.8, 4) is 0 Å². The van der Waals surface area contributed by atoms with Gasteiger partial charge in [-0.3, -0.25) is 0 Å². The van der Waals surface area contributed by atoms with E-state index in [1.807, 2.05) is 0 Å². The van der Waals surface area contributed by atoms with Gasteiger partial charge in [-0.1, -0.05) is 17.8 Å². The summed E-state index contributed by atoms with van der Waals surface area (Å²) in [6, 6.07) is 7.40. The number of aromatic carboxylic acids is 1. The van der Waals surface area contributed by atoms with Crippen molar-refractivity contribution in [3.05, 3.63) is 52.4 Å². The highest BCUT2D eigenvalue weighted by molar-refractivity contribution is 9.10. The zero-order valence-electron chi connectivity index (χ0n) is 8.93. The monoisotopic (exact) mass is 327 g/mol. The molecule has 1 N–H and O–H groups in total. The van der Waals surface area contributed by atoms with Gasteiger partial charge in [-0.05, 0) is 40.2 Å². The summed E-state index contributed by atoms with van der Waals surface area (Å²) in [7, 11) is 0. The van der Waals surface area contributed by atoms with Gasteiger partial charge in [-0.2, -0.15) is 0 Å². The Kier molecular flexibility index (Phi) is 3.98. The Morgan fingerprint density at radius 1 is 1.39 bits per heavy atom. The highest BCUT2D eigenvalue weighted by atomic mass is 79.9. The lowest BCUT2D eigenvalue weighted by molar-refractivity contribution is 0.0692. The standard InChI is InChI=1S/C12H7BrFNO2S/c13-7-4-10(12(16)17)11(15-6-7)18-9-3-1-2-8(14)5-9/h1-6H,(H,16,17). The second-order valence-corrected chi connectivity index (χ2v) is 5.35. The van der Waals surface area contributed by atoms with Gasteiger partial charge in [0.15, 0.2) is 0 Å². The number of hydrogen-bond acceptors (Lipinski definition) is 3. The van der Waals surface area contributed by atoms with Gasteiger partial charge in [0.25, 0.3) is 0 Å². The van der Waals surface area contributed by atoms with E-state index < -0.39 is 5.97 Å². The molecule has 2 rings (SSSR count). The smallest absolute Gasteiger partial charge is 0.338 e. The van der Waals surface area contributed by atoms with E-state index in [0.29, 0.717) is 14.4 Å². The van der Waals surface area contributed by atoms with Crippen molar-refractivity contribution >= 4 is 33.7 Å². The average molecular weight is 328 g/mol. The van der Waals surface area contributed by atoms with Gasteiger partial charge >= 0.3 is 5.97 Å². The molecule has 0 atom stereocenters. The third kappa shape index (κ3) is 3.08. The Hall–Kier alpha value is -1.40. The molecule has 0 fully saturated rings. The van der Waals surface area contributed by atoms with Crippen LogP contribution in [-0.4, -0.2) is 16.1 Å². The lowest BCUT2D eigenvalue weighted by Gasteiger charge is -2.05. The molecule has 0 radical (unpaired) electrons. The molecule has 6 heteroatoms. The molecule has 1 heterocycles. The predicted octanol–water partition coefficient (Wildman–Crippen LogP) is 3.83. The third-order valence-corrected chi connectivity index (χ3v) is 3.50. The Labute approximate surface area is 115 Å². The second-order valence-electron chi connectivity index (χ2n) is 3.37. The van der Waals surface area contributed by atoms with Gasteiger partial charge in [-0.15, -0.1) is 0 Å². The molecule has 0 spiro atoms. The molecule has 3 nitrogen and oxygen atoms in total. The maximum atomic E-state index is 13.0. The van der Waals surface area contributed by atoms with E-state index in [-0.39, 0.29) is 11.4 Å². The van der Waals surface area contributed by atoms with Gasteiger partial charge in [0, 0.05) is 15.6 Å². The minimum Gasteiger partial charge on any atom is -0.478 e. The maximum absolute atomic E-state index is 13.0. The highest BCUT2D eigenvalue weighted by Gasteiger charge is 2.13. The van der Waals surface area contributed by atoms with Crippen LogP contribution in [0, 0.1) is 5.82 Å². The number of pyridine rings is 1. The summed E-state index contributed by atoms with van der Waals surface area (Å²) in [6.45, 7) is 0. The molecule has 0 saturated carbocycles. The van der Waals surface area contributed by atoms with Gasteiger partial charge in [-0.25, -0.2) is 14.2 Å². The van der Waals surface area contributed by atoms with Crippen LogP contribution >= 0.6 is 27.7 Å². The highest BCUT2D eigenvalue weighted by Crippen LogP contribution is 2.30. The van der Waals surface area contributed by atoms with Crippen molar-refractivity contribution < 1.29 is 14.3 Å². The number of benzene rings is 1. The fraction of sp³-hybridized carbons (Fsp3) is 0. The van der Waals surface area contributed by atoms with Crippen LogP contribution in [0.2, 0.25) is 0 Å². The number of carbonyl (C=O) groups is 1. The Bertz CT molecular complexity index is 606. The van der Waals surface area contributed by atoms with Crippen molar-refractivity contribution in [2.24, 2.45) is 0 Å². The van der Waals surface area contributed by atoms with Gasteiger partial charge in [0.2, 0.25) is 0 Å². The van der Waals surface area contributed by atoms with Gasteiger partial charge < -0.3 is 5.11 Å². The van der Waals surface area contributed by atoms with E-state index in [4.69, 9.17) is 5.11 Å². The lowest BCUT2D eigenvalue weighted by atomic mass is 10.3. The Morgan fingerprint density at radius 3 is 2.83 bits per heavy atom. The summed E-state index contributed by atoms with van der Waals surface area (Å²) >= 11 is 4.28. The molecule has 92 valence electrons. The van der Waals surface area contributed by atoms with Crippen LogP contribution in [0.25, 0.3) is 0 Å². The van der Waals surface area contributed by atoms with E-state index in [9.17, 15) is 9.18 Å². The fourth-order valence-corrected chi connectivity index (χ4v) is 2.54. The Balaban J connectivity index is 2.37. The van der Waals surface area contributed by atoms with Gasteiger partial charge in [0.05, 0.1) is 5.56 Å². The molecule has 18 heavy (non-hydrogen) atoms. The molecule has 0 saturated heterocycles. The van der Waals surface area contributed by atoms with E-state index in [1.54, 1.807) is 12.1 Å². The number of hydrogen-bond donors (Lipinski definition) is 1. The van der Waals surface area contributed by atoms with Crippen LogP contribution in [0.15, 0.2) is 50.9 Å². The molecular formula is C12H7BrFNO2S. The average Bonchev–Trinajstić information content (AvgIpc) is 2.31. The molecule has 2 aromatic rings. The number of rotatable bonds is 3. The van der Waals surface area contributed by atoms with E-state index in [1.165, 1.54) is 24.4 Å². The quantitative estimate of drug-likeness (QED) is 0.930. The molecule has 0 aliphatic heterocycles. The first kappa shape index (κ1) is 13.0. The normalized spacial score (nSPS) is 10.3. The van der Waals surface area contributed by atoms with Crippen LogP contribution in [0.5, 0.6) is 0 Å². The zero-order valence-corrected chi connectivity index (χ0v) is 11.3. The fourth-order valence-electron chi connectivity index (χ4n) is 1.30. The van der Waals surface area contributed by atoms with Gasteiger partial charge in [0.1, 0.15) is 10.8 Å². The summed E-state index contributed by atoms with van der Waals surface area (Å²) in [4.78, 5) is 15.7. The minimum absolute atomic E-state index is 0.0821. The summed E-state index contributed by atoms with van der Waals surface area (Å²) in [5.74, 6) is -1.43. The van der Waals surface area contributed by atoms with Crippen molar-refractivity contribution in [2.45, 2.75) is 9.92 Å². The summed E-state index contributed by atoms with van der Waals surface area (Å²) in [5.41, 5.74) is 0.0821. The number of aromatic nitrogens is 1. The van der Waals surface area contributed by atoms with Crippen molar-refractivity contribution in [3.63, 3.8) is 0 Å². The van der Waals surface area contributed by atoms with Crippen molar-refractivity contribution in [1.29, 1.82) is 0 Å². The summed E-state index contributed by atoms with van der Waals surface area (Å²) in [6.07, 6.45) is 1.51. The second kappa shape index (κ2) is 5.49. The van der Waals surface area contributed by atoms with Crippen molar-refractivity contribution in [1.82, 2.24) is 4.98 Å². The van der Waals surface area contributed by atoms with E-state index in [0.717, 1.165) is 11.8 Å². The predicted molar refractivity (Wildman–Crippen MR) is 69.4 cm³/mol. The lowest BCUT2D eigenvalue weighted by Crippen LogP contribution is -2.00. The Morgan fingerprint density at radius 2 is 2.17 bits per heavy atom. The number of carboxylic acid groups (broad SMARTS) is 1. The topological polar surface area (TPSA) is 50.2 Å². The van der Waals surface area contributed by atoms with Crippen molar-refractivity contribution in [2.75, 3.05) is 0 Å². The molecule has 0 aliphatic rings. The van der Waals surface area contributed by atoms with Crippen LogP contribution in [-0.2, 0) is 0 Å². The molecule has 1 aromatic heterocycles. The number of halogens is 2. The molecule has 0 aliphatic carbocycles.